The highest BCUT2D eigenvalue weighted by molar-refractivity contribution is 6.06. The average molecular weight is 379 g/mol. The van der Waals surface area contributed by atoms with Crippen LogP contribution in [0.25, 0.3) is 0 Å². The number of halogens is 1. The molecule has 1 aliphatic heterocycles. The molecule has 2 aliphatic rings. The lowest BCUT2D eigenvalue weighted by Gasteiger charge is -2.12. The molecule has 0 saturated heterocycles. The fourth-order valence-corrected chi connectivity index (χ4v) is 3.76. The minimum atomic E-state index is -0.449. The van der Waals surface area contributed by atoms with Crippen molar-refractivity contribution in [2.45, 2.75) is 38.1 Å². The van der Waals surface area contributed by atoms with Crippen LogP contribution in [0.1, 0.15) is 58.4 Å². The fourth-order valence-electron chi connectivity index (χ4n) is 3.76. The predicted molar refractivity (Wildman–Crippen MR) is 105 cm³/mol. The van der Waals surface area contributed by atoms with Crippen LogP contribution in [0.5, 0.6) is 0 Å². The summed E-state index contributed by atoms with van der Waals surface area (Å²) < 4.78 is 13.4. The van der Waals surface area contributed by atoms with E-state index in [9.17, 15) is 14.0 Å². The van der Waals surface area contributed by atoms with Crippen molar-refractivity contribution >= 4 is 17.5 Å². The predicted octanol–water partition coefficient (Wildman–Crippen LogP) is 3.75. The van der Waals surface area contributed by atoms with Crippen molar-refractivity contribution in [3.8, 4) is 0 Å². The molecule has 0 aromatic heterocycles. The molecule has 0 radical (unpaired) electrons. The van der Waals surface area contributed by atoms with Crippen LogP contribution in [-0.4, -0.2) is 35.1 Å². The second kappa shape index (κ2) is 7.92. The van der Waals surface area contributed by atoms with Crippen LogP contribution in [-0.2, 0) is 0 Å². The normalized spacial score (nSPS) is 16.9. The summed E-state index contributed by atoms with van der Waals surface area (Å²) in [6.45, 7) is 0.434. The minimum Gasteiger partial charge on any atom is -0.349 e. The zero-order chi connectivity index (χ0) is 19.5. The van der Waals surface area contributed by atoms with Gasteiger partial charge in [-0.1, -0.05) is 31.0 Å². The number of amides is 2. The van der Waals surface area contributed by atoms with Crippen LogP contribution >= 0.6 is 0 Å². The van der Waals surface area contributed by atoms with E-state index in [4.69, 9.17) is 0 Å². The molecule has 1 saturated carbocycles. The Labute approximate surface area is 163 Å². The Morgan fingerprint density at radius 2 is 1.79 bits per heavy atom. The largest absolute Gasteiger partial charge is 0.349 e. The van der Waals surface area contributed by atoms with E-state index < -0.39 is 5.82 Å². The first-order chi connectivity index (χ1) is 13.6. The molecule has 4 rings (SSSR count). The van der Waals surface area contributed by atoms with Crippen molar-refractivity contribution in [2.75, 3.05) is 6.54 Å². The lowest BCUT2D eigenvalue weighted by Crippen LogP contribution is -2.32. The SMILES string of the molecule is O=C(NC1CCCC1)c1cccc(C2=NN(C(=O)c3cccc(F)c3)CC2)c1. The number of rotatable bonds is 4. The molecule has 0 spiro atoms. The van der Waals surface area contributed by atoms with Gasteiger partial charge >= 0.3 is 0 Å². The van der Waals surface area contributed by atoms with E-state index in [1.165, 1.54) is 23.2 Å². The first-order valence-electron chi connectivity index (χ1n) is 9.66. The third-order valence-corrected chi connectivity index (χ3v) is 5.26. The second-order valence-corrected chi connectivity index (χ2v) is 7.27. The van der Waals surface area contributed by atoms with Gasteiger partial charge in [0.15, 0.2) is 0 Å². The van der Waals surface area contributed by atoms with Gasteiger partial charge in [-0.25, -0.2) is 9.40 Å². The molecular weight excluding hydrogens is 357 g/mol. The van der Waals surface area contributed by atoms with E-state index in [2.05, 4.69) is 10.4 Å². The summed E-state index contributed by atoms with van der Waals surface area (Å²) in [5, 5.41) is 8.86. The number of hydrogen-bond donors (Lipinski definition) is 1. The third kappa shape index (κ3) is 3.96. The Balaban J connectivity index is 1.49. The van der Waals surface area contributed by atoms with Crippen molar-refractivity contribution < 1.29 is 14.0 Å². The Bertz CT molecular complexity index is 935. The monoisotopic (exact) mass is 379 g/mol. The molecule has 1 heterocycles. The van der Waals surface area contributed by atoms with Gasteiger partial charge in [-0.05, 0) is 48.7 Å². The zero-order valence-corrected chi connectivity index (χ0v) is 15.5. The first kappa shape index (κ1) is 18.3. The highest BCUT2D eigenvalue weighted by atomic mass is 19.1. The quantitative estimate of drug-likeness (QED) is 0.879. The van der Waals surface area contributed by atoms with E-state index in [0.717, 1.165) is 37.0 Å². The van der Waals surface area contributed by atoms with Gasteiger partial charge in [0.1, 0.15) is 5.82 Å². The summed E-state index contributed by atoms with van der Waals surface area (Å²) in [6, 6.07) is 13.2. The molecule has 0 atom stereocenters. The van der Waals surface area contributed by atoms with Crippen LogP contribution in [0.2, 0.25) is 0 Å². The summed E-state index contributed by atoms with van der Waals surface area (Å²) in [6.07, 6.45) is 4.99. The summed E-state index contributed by atoms with van der Waals surface area (Å²) >= 11 is 0. The van der Waals surface area contributed by atoms with Gasteiger partial charge in [-0.15, -0.1) is 0 Å². The zero-order valence-electron chi connectivity index (χ0n) is 15.5. The maximum Gasteiger partial charge on any atom is 0.274 e. The Morgan fingerprint density at radius 1 is 1.04 bits per heavy atom. The van der Waals surface area contributed by atoms with Gasteiger partial charge in [-0.3, -0.25) is 9.59 Å². The van der Waals surface area contributed by atoms with Crippen LogP contribution in [0.3, 0.4) is 0 Å². The molecule has 1 fully saturated rings. The molecule has 1 N–H and O–H groups in total. The van der Waals surface area contributed by atoms with Crippen molar-refractivity contribution in [3.63, 3.8) is 0 Å². The van der Waals surface area contributed by atoms with Crippen LogP contribution in [0.15, 0.2) is 53.6 Å². The number of carbonyl (C=O) groups is 2. The molecule has 1 aliphatic carbocycles. The van der Waals surface area contributed by atoms with Crippen LogP contribution in [0.4, 0.5) is 4.39 Å². The van der Waals surface area contributed by atoms with E-state index in [0.29, 0.717) is 18.5 Å². The number of carbonyl (C=O) groups excluding carboxylic acids is 2. The first-order valence-corrected chi connectivity index (χ1v) is 9.66. The second-order valence-electron chi connectivity index (χ2n) is 7.27. The minimum absolute atomic E-state index is 0.0694. The van der Waals surface area contributed by atoms with Crippen molar-refractivity contribution in [3.05, 3.63) is 71.0 Å². The number of hydrogen-bond acceptors (Lipinski definition) is 3. The van der Waals surface area contributed by atoms with Crippen molar-refractivity contribution in [1.82, 2.24) is 10.3 Å². The molecule has 2 aromatic rings. The van der Waals surface area contributed by atoms with Gasteiger partial charge in [-0.2, -0.15) is 5.10 Å². The molecule has 2 amide bonds. The number of benzene rings is 2. The van der Waals surface area contributed by atoms with E-state index in [-0.39, 0.29) is 23.4 Å². The Hall–Kier alpha value is -3.02. The lowest BCUT2D eigenvalue weighted by atomic mass is 10.0. The van der Waals surface area contributed by atoms with Crippen molar-refractivity contribution in [2.24, 2.45) is 5.10 Å². The molecule has 144 valence electrons. The summed E-state index contributed by atoms with van der Waals surface area (Å²) in [5.74, 6) is -0.847. The van der Waals surface area contributed by atoms with E-state index in [1.54, 1.807) is 12.1 Å². The molecular formula is C22H22FN3O2. The molecule has 0 unspecified atom stereocenters. The standard InChI is InChI=1S/C22H22FN3O2/c23-18-8-4-7-17(14-18)22(28)26-12-11-20(25-26)15-5-3-6-16(13-15)21(27)24-19-9-1-2-10-19/h3-8,13-14,19H,1-2,9-12H2,(H,24,27). The molecule has 28 heavy (non-hydrogen) atoms. The maximum atomic E-state index is 13.4. The number of hydrazone groups is 1. The third-order valence-electron chi connectivity index (χ3n) is 5.26. The average Bonchev–Trinajstić information content (AvgIpc) is 3.39. The van der Waals surface area contributed by atoms with Gasteiger partial charge in [0, 0.05) is 23.6 Å². The van der Waals surface area contributed by atoms with Crippen molar-refractivity contribution in [1.29, 1.82) is 0 Å². The lowest BCUT2D eigenvalue weighted by molar-refractivity contribution is 0.0777. The molecule has 5 nitrogen and oxygen atoms in total. The number of nitrogens with zero attached hydrogens (tertiary/aromatic N) is 2. The highest BCUT2D eigenvalue weighted by Gasteiger charge is 2.24. The number of nitrogens with one attached hydrogen (secondary N) is 1. The molecule has 6 heteroatoms. The Kier molecular flexibility index (Phi) is 5.19. The topological polar surface area (TPSA) is 61.8 Å². The van der Waals surface area contributed by atoms with Crippen LogP contribution in [0, 0.1) is 5.82 Å². The summed E-state index contributed by atoms with van der Waals surface area (Å²) in [4.78, 5) is 25.0. The van der Waals surface area contributed by atoms with E-state index >= 15 is 0 Å². The molecule has 0 bridgehead atoms. The Morgan fingerprint density at radius 3 is 2.57 bits per heavy atom. The molecule has 2 aromatic carbocycles. The van der Waals surface area contributed by atoms with Gasteiger partial charge in [0.25, 0.3) is 11.8 Å². The summed E-state index contributed by atoms with van der Waals surface area (Å²) in [5.41, 5.74) is 2.45. The van der Waals surface area contributed by atoms with Crippen LogP contribution < -0.4 is 5.32 Å². The van der Waals surface area contributed by atoms with E-state index in [1.807, 2.05) is 18.2 Å². The summed E-state index contributed by atoms with van der Waals surface area (Å²) in [7, 11) is 0. The van der Waals surface area contributed by atoms with Gasteiger partial charge in [0.05, 0.1) is 12.3 Å². The maximum absolute atomic E-state index is 13.4. The smallest absolute Gasteiger partial charge is 0.274 e. The van der Waals surface area contributed by atoms with Gasteiger partial charge < -0.3 is 5.32 Å². The fraction of sp³-hybridized carbons (Fsp3) is 0.318. The highest BCUT2D eigenvalue weighted by Crippen LogP contribution is 2.20. The van der Waals surface area contributed by atoms with Gasteiger partial charge in [0.2, 0.25) is 0 Å².